The Kier molecular flexibility index (Phi) is 5.23. The number of phenols is 1. The highest BCUT2D eigenvalue weighted by atomic mass is 16.3. The lowest BCUT2D eigenvalue weighted by Crippen LogP contribution is -2.36. The van der Waals surface area contributed by atoms with E-state index in [0.717, 1.165) is 25.7 Å². The molecular formula is C18H20N4O3. The summed E-state index contributed by atoms with van der Waals surface area (Å²) in [6, 6.07) is 4.59. The number of nitrogens with zero attached hydrogens (tertiary/aromatic N) is 2. The average Bonchev–Trinajstić information content (AvgIpc) is 2.63. The summed E-state index contributed by atoms with van der Waals surface area (Å²) in [6.45, 7) is 0. The monoisotopic (exact) mass is 340 g/mol. The number of carbonyl (C=O) groups is 2. The number of rotatable bonds is 4. The standard InChI is InChI=1S/C18H20N4O3/c23-16-10-13(22-18(25)15-11-19-8-9-20-15)6-7-14(16)17(24)21-12-4-2-1-3-5-12/h6-12,23H,1-5H2,(H,21,24)(H,22,25). The van der Waals surface area contributed by atoms with Crippen LogP contribution in [0.25, 0.3) is 0 Å². The minimum atomic E-state index is -0.438. The SMILES string of the molecule is O=C(Nc1ccc(C(=O)NC2CCCCC2)c(O)c1)c1cnccn1. The molecule has 0 atom stereocenters. The summed E-state index contributed by atoms with van der Waals surface area (Å²) in [7, 11) is 0. The van der Waals surface area contributed by atoms with Gasteiger partial charge in [0, 0.05) is 30.2 Å². The Bertz CT molecular complexity index is 758. The molecule has 0 unspecified atom stereocenters. The van der Waals surface area contributed by atoms with Crippen molar-refractivity contribution >= 4 is 17.5 Å². The number of hydrogen-bond donors (Lipinski definition) is 3. The number of anilines is 1. The molecule has 2 aromatic rings. The van der Waals surface area contributed by atoms with Crippen molar-refractivity contribution in [3.63, 3.8) is 0 Å². The zero-order valence-electron chi connectivity index (χ0n) is 13.7. The van der Waals surface area contributed by atoms with Crippen molar-refractivity contribution in [2.24, 2.45) is 0 Å². The molecule has 0 radical (unpaired) electrons. The van der Waals surface area contributed by atoms with Gasteiger partial charge in [0.1, 0.15) is 11.4 Å². The molecule has 7 heteroatoms. The predicted octanol–water partition coefficient (Wildman–Crippen LogP) is 2.50. The van der Waals surface area contributed by atoms with E-state index in [1.807, 2.05) is 0 Å². The number of aromatic hydroxyl groups is 1. The van der Waals surface area contributed by atoms with Crippen LogP contribution in [0.1, 0.15) is 53.0 Å². The van der Waals surface area contributed by atoms with E-state index in [-0.39, 0.29) is 29.0 Å². The lowest BCUT2D eigenvalue weighted by molar-refractivity contribution is 0.0924. The number of aromatic nitrogens is 2. The van der Waals surface area contributed by atoms with Crippen LogP contribution in [-0.4, -0.2) is 32.9 Å². The van der Waals surface area contributed by atoms with Gasteiger partial charge in [-0.2, -0.15) is 0 Å². The lowest BCUT2D eigenvalue weighted by atomic mass is 9.95. The van der Waals surface area contributed by atoms with Gasteiger partial charge in [-0.25, -0.2) is 4.98 Å². The van der Waals surface area contributed by atoms with E-state index < -0.39 is 5.91 Å². The molecule has 1 aromatic heterocycles. The fraction of sp³-hybridized carbons (Fsp3) is 0.333. The molecule has 1 heterocycles. The number of phenolic OH excluding ortho intramolecular Hbond substituents is 1. The van der Waals surface area contributed by atoms with Crippen LogP contribution >= 0.6 is 0 Å². The highest BCUT2D eigenvalue weighted by Gasteiger charge is 2.19. The maximum atomic E-state index is 12.3. The maximum absolute atomic E-state index is 12.3. The third-order valence-electron chi connectivity index (χ3n) is 4.24. The first-order chi connectivity index (χ1) is 12.1. The van der Waals surface area contributed by atoms with Crippen LogP contribution in [0.4, 0.5) is 5.69 Å². The van der Waals surface area contributed by atoms with Crippen LogP contribution in [0.5, 0.6) is 5.75 Å². The van der Waals surface area contributed by atoms with Crippen molar-refractivity contribution in [1.82, 2.24) is 15.3 Å². The summed E-state index contributed by atoms with van der Waals surface area (Å²) in [5.74, 6) is -0.909. The Morgan fingerprint density at radius 3 is 2.56 bits per heavy atom. The van der Waals surface area contributed by atoms with E-state index in [4.69, 9.17) is 0 Å². The fourth-order valence-corrected chi connectivity index (χ4v) is 2.92. The van der Waals surface area contributed by atoms with Crippen molar-refractivity contribution in [3.05, 3.63) is 48.0 Å². The van der Waals surface area contributed by atoms with Crippen molar-refractivity contribution in [2.75, 3.05) is 5.32 Å². The van der Waals surface area contributed by atoms with Crippen molar-refractivity contribution in [1.29, 1.82) is 0 Å². The predicted molar refractivity (Wildman–Crippen MR) is 92.4 cm³/mol. The summed E-state index contributed by atoms with van der Waals surface area (Å²) in [5, 5.41) is 15.7. The summed E-state index contributed by atoms with van der Waals surface area (Å²) < 4.78 is 0. The normalized spacial score (nSPS) is 14.7. The lowest BCUT2D eigenvalue weighted by Gasteiger charge is -2.23. The average molecular weight is 340 g/mol. The molecule has 0 spiro atoms. The van der Waals surface area contributed by atoms with Gasteiger partial charge in [-0.15, -0.1) is 0 Å². The number of nitrogens with one attached hydrogen (secondary N) is 2. The molecule has 3 rings (SSSR count). The van der Waals surface area contributed by atoms with Crippen LogP contribution in [0.2, 0.25) is 0 Å². The Labute approximate surface area is 145 Å². The zero-order chi connectivity index (χ0) is 17.6. The van der Waals surface area contributed by atoms with Gasteiger partial charge in [0.2, 0.25) is 0 Å². The van der Waals surface area contributed by atoms with Gasteiger partial charge < -0.3 is 15.7 Å². The first kappa shape index (κ1) is 16.9. The highest BCUT2D eigenvalue weighted by Crippen LogP contribution is 2.24. The van der Waals surface area contributed by atoms with Gasteiger partial charge in [0.15, 0.2) is 0 Å². The minimum absolute atomic E-state index is 0.164. The Hall–Kier alpha value is -2.96. The Balaban J connectivity index is 1.66. The molecule has 25 heavy (non-hydrogen) atoms. The smallest absolute Gasteiger partial charge is 0.275 e. The van der Waals surface area contributed by atoms with Crippen molar-refractivity contribution in [2.45, 2.75) is 38.1 Å². The Morgan fingerprint density at radius 1 is 1.08 bits per heavy atom. The van der Waals surface area contributed by atoms with E-state index in [9.17, 15) is 14.7 Å². The first-order valence-electron chi connectivity index (χ1n) is 8.35. The number of carbonyl (C=O) groups excluding carboxylic acids is 2. The molecule has 1 aliphatic carbocycles. The molecule has 7 nitrogen and oxygen atoms in total. The Morgan fingerprint density at radius 2 is 1.88 bits per heavy atom. The van der Waals surface area contributed by atoms with E-state index >= 15 is 0 Å². The van der Waals surface area contributed by atoms with Crippen molar-refractivity contribution < 1.29 is 14.7 Å². The largest absolute Gasteiger partial charge is 0.507 e. The van der Waals surface area contributed by atoms with Crippen LogP contribution in [-0.2, 0) is 0 Å². The van der Waals surface area contributed by atoms with Crippen LogP contribution < -0.4 is 10.6 Å². The molecule has 2 amide bonds. The third kappa shape index (κ3) is 4.32. The van der Waals surface area contributed by atoms with Gasteiger partial charge in [-0.05, 0) is 25.0 Å². The topological polar surface area (TPSA) is 104 Å². The van der Waals surface area contributed by atoms with Crippen LogP contribution in [0.15, 0.2) is 36.8 Å². The third-order valence-corrected chi connectivity index (χ3v) is 4.24. The summed E-state index contributed by atoms with van der Waals surface area (Å²) in [6.07, 6.45) is 9.62. The maximum Gasteiger partial charge on any atom is 0.275 e. The first-order valence-corrected chi connectivity index (χ1v) is 8.35. The van der Waals surface area contributed by atoms with Gasteiger partial charge >= 0.3 is 0 Å². The molecule has 1 aliphatic rings. The van der Waals surface area contributed by atoms with Crippen molar-refractivity contribution in [3.8, 4) is 5.75 Å². The number of benzene rings is 1. The summed E-state index contributed by atoms with van der Waals surface area (Å²) in [4.78, 5) is 32.1. The second-order valence-electron chi connectivity index (χ2n) is 6.09. The second-order valence-corrected chi connectivity index (χ2v) is 6.09. The van der Waals surface area contributed by atoms with Crippen LogP contribution in [0, 0.1) is 0 Å². The molecule has 130 valence electrons. The molecule has 1 fully saturated rings. The van der Waals surface area contributed by atoms with Crippen LogP contribution in [0.3, 0.4) is 0 Å². The molecule has 0 aliphatic heterocycles. The summed E-state index contributed by atoms with van der Waals surface area (Å²) in [5.41, 5.74) is 0.742. The number of hydrogen-bond acceptors (Lipinski definition) is 5. The molecule has 1 saturated carbocycles. The fourth-order valence-electron chi connectivity index (χ4n) is 2.92. The second kappa shape index (κ2) is 7.74. The van der Waals surface area contributed by atoms with Gasteiger partial charge in [0.25, 0.3) is 11.8 Å². The molecule has 0 bridgehead atoms. The number of amides is 2. The molecule has 3 N–H and O–H groups in total. The summed E-state index contributed by atoms with van der Waals surface area (Å²) >= 11 is 0. The minimum Gasteiger partial charge on any atom is -0.507 e. The molecular weight excluding hydrogens is 320 g/mol. The molecule has 0 saturated heterocycles. The van der Waals surface area contributed by atoms with E-state index in [0.29, 0.717) is 5.69 Å². The van der Waals surface area contributed by atoms with E-state index in [1.165, 1.54) is 37.1 Å². The van der Waals surface area contributed by atoms with Gasteiger partial charge in [-0.3, -0.25) is 14.6 Å². The van der Waals surface area contributed by atoms with E-state index in [2.05, 4.69) is 20.6 Å². The quantitative estimate of drug-likeness (QED) is 0.793. The zero-order valence-corrected chi connectivity index (χ0v) is 13.7. The van der Waals surface area contributed by atoms with E-state index in [1.54, 1.807) is 6.07 Å². The molecule has 1 aromatic carbocycles. The van der Waals surface area contributed by atoms with Gasteiger partial charge in [0.05, 0.1) is 11.8 Å². The van der Waals surface area contributed by atoms with Gasteiger partial charge in [-0.1, -0.05) is 19.3 Å². The highest BCUT2D eigenvalue weighted by molar-refractivity contribution is 6.03.